The molecule has 0 atom stereocenters. The van der Waals surface area contributed by atoms with Crippen molar-refractivity contribution < 1.29 is 9.59 Å². The predicted molar refractivity (Wildman–Crippen MR) is 164 cm³/mol. The van der Waals surface area contributed by atoms with E-state index >= 15 is 0 Å². The van der Waals surface area contributed by atoms with Gasteiger partial charge in [-0.1, -0.05) is 84.0 Å². The van der Waals surface area contributed by atoms with E-state index in [1.807, 2.05) is 66.2 Å². The molecule has 4 aromatic carbocycles. The number of H-pyrrole nitrogens is 1. The molecule has 0 bridgehead atoms. The van der Waals surface area contributed by atoms with Crippen LogP contribution in [-0.4, -0.2) is 37.2 Å². The number of anilines is 1. The summed E-state index contributed by atoms with van der Waals surface area (Å²) >= 11 is 7.47. The maximum Gasteiger partial charge on any atom is 0.234 e. The number of fused-ring (bicyclic) bond motifs is 1. The Morgan fingerprint density at radius 3 is 2.56 bits per heavy atom. The Morgan fingerprint density at radius 2 is 1.73 bits per heavy atom. The minimum absolute atomic E-state index is 0.0550. The molecule has 0 aliphatic heterocycles. The fourth-order valence-electron chi connectivity index (χ4n) is 4.67. The SMILES string of the molecule is Cc1cccc(-n2c(SCC(=O)Nc3ccc(Cl)cc3C(=O)c3ccccc3)nnc2-c2c[nH]c3ccccc23)c1. The molecule has 0 saturated carbocycles. The Labute approximate surface area is 245 Å². The van der Waals surface area contributed by atoms with E-state index in [4.69, 9.17) is 11.6 Å². The van der Waals surface area contributed by atoms with Crippen molar-refractivity contribution in [1.29, 1.82) is 0 Å². The number of nitrogens with one attached hydrogen (secondary N) is 2. The minimum Gasteiger partial charge on any atom is -0.360 e. The average Bonchev–Trinajstić information content (AvgIpc) is 3.61. The topological polar surface area (TPSA) is 92.7 Å². The fraction of sp³-hybridized carbons (Fsp3) is 0.0625. The van der Waals surface area contributed by atoms with E-state index in [1.165, 1.54) is 11.8 Å². The number of ketones is 1. The molecule has 0 unspecified atom stereocenters. The quantitative estimate of drug-likeness (QED) is 0.146. The zero-order valence-electron chi connectivity index (χ0n) is 22.0. The number of halogens is 1. The van der Waals surface area contributed by atoms with Crippen LogP contribution in [0.5, 0.6) is 0 Å². The molecular formula is C32H24ClN5O2S. The maximum absolute atomic E-state index is 13.2. The van der Waals surface area contributed by atoms with Gasteiger partial charge in [0.25, 0.3) is 0 Å². The number of nitrogens with zero attached hydrogens (tertiary/aromatic N) is 3. The second-order valence-corrected chi connectivity index (χ2v) is 10.8. The van der Waals surface area contributed by atoms with E-state index in [9.17, 15) is 9.59 Å². The van der Waals surface area contributed by atoms with Crippen LogP contribution in [0.25, 0.3) is 28.0 Å². The number of para-hydroxylation sites is 1. The summed E-state index contributed by atoms with van der Waals surface area (Å²) in [6.07, 6.45) is 1.92. The van der Waals surface area contributed by atoms with Crippen molar-refractivity contribution in [3.63, 3.8) is 0 Å². The van der Waals surface area contributed by atoms with Crippen molar-refractivity contribution in [2.75, 3.05) is 11.1 Å². The number of carbonyl (C=O) groups is 2. The van der Waals surface area contributed by atoms with Crippen LogP contribution in [0, 0.1) is 6.92 Å². The number of hydrogen-bond acceptors (Lipinski definition) is 5. The molecule has 1 amide bonds. The highest BCUT2D eigenvalue weighted by Gasteiger charge is 2.21. The zero-order chi connectivity index (χ0) is 28.3. The van der Waals surface area contributed by atoms with Crippen LogP contribution >= 0.6 is 23.4 Å². The third-order valence-electron chi connectivity index (χ3n) is 6.59. The Hall–Kier alpha value is -4.66. The maximum atomic E-state index is 13.2. The molecule has 9 heteroatoms. The lowest BCUT2D eigenvalue weighted by Gasteiger charge is -2.12. The molecule has 41 heavy (non-hydrogen) atoms. The van der Waals surface area contributed by atoms with E-state index in [-0.39, 0.29) is 17.4 Å². The van der Waals surface area contributed by atoms with E-state index in [1.54, 1.807) is 42.5 Å². The first-order chi connectivity index (χ1) is 20.0. The number of thioether (sulfide) groups is 1. The van der Waals surface area contributed by atoms with Crippen LogP contribution in [0.3, 0.4) is 0 Å². The molecule has 2 heterocycles. The summed E-state index contributed by atoms with van der Waals surface area (Å²) in [5.74, 6) is 0.217. The van der Waals surface area contributed by atoms with Gasteiger partial charge in [0.15, 0.2) is 16.8 Å². The van der Waals surface area contributed by atoms with E-state index in [0.717, 1.165) is 27.7 Å². The normalized spacial score (nSPS) is 11.1. The van der Waals surface area contributed by atoms with Gasteiger partial charge >= 0.3 is 0 Å². The first-order valence-corrected chi connectivity index (χ1v) is 14.2. The molecule has 0 aliphatic carbocycles. The van der Waals surface area contributed by atoms with Crippen molar-refractivity contribution in [1.82, 2.24) is 19.7 Å². The van der Waals surface area contributed by atoms with Crippen molar-refractivity contribution in [2.24, 2.45) is 0 Å². The van der Waals surface area contributed by atoms with Crippen molar-refractivity contribution in [3.8, 4) is 17.1 Å². The van der Waals surface area contributed by atoms with Gasteiger partial charge in [-0.15, -0.1) is 10.2 Å². The molecule has 0 radical (unpaired) electrons. The first kappa shape index (κ1) is 26.6. The zero-order valence-corrected chi connectivity index (χ0v) is 23.5. The number of aromatic amines is 1. The molecule has 0 saturated heterocycles. The summed E-state index contributed by atoms with van der Waals surface area (Å²) < 4.78 is 1.97. The van der Waals surface area contributed by atoms with Gasteiger partial charge in [-0.05, 0) is 48.9 Å². The molecule has 0 fully saturated rings. The van der Waals surface area contributed by atoms with Crippen molar-refractivity contribution in [3.05, 3.63) is 125 Å². The summed E-state index contributed by atoms with van der Waals surface area (Å²) in [6.45, 7) is 2.03. The summed E-state index contributed by atoms with van der Waals surface area (Å²) in [4.78, 5) is 29.6. The number of amides is 1. The number of rotatable bonds is 8. The number of benzene rings is 4. The molecule has 2 aromatic heterocycles. The van der Waals surface area contributed by atoms with E-state index in [0.29, 0.717) is 32.8 Å². The Bertz CT molecular complexity index is 1900. The molecule has 0 aliphatic rings. The third kappa shape index (κ3) is 5.52. The number of hydrogen-bond donors (Lipinski definition) is 2. The van der Waals surface area contributed by atoms with Crippen LogP contribution in [0.2, 0.25) is 5.02 Å². The highest BCUT2D eigenvalue weighted by Crippen LogP contribution is 2.33. The lowest BCUT2D eigenvalue weighted by atomic mass is 10.0. The van der Waals surface area contributed by atoms with E-state index in [2.05, 4.69) is 26.6 Å². The lowest BCUT2D eigenvalue weighted by Crippen LogP contribution is -2.17. The van der Waals surface area contributed by atoms with Gasteiger partial charge < -0.3 is 10.3 Å². The van der Waals surface area contributed by atoms with Crippen LogP contribution in [-0.2, 0) is 4.79 Å². The minimum atomic E-state index is -0.285. The number of aromatic nitrogens is 4. The van der Waals surface area contributed by atoms with Gasteiger partial charge in [-0.25, -0.2) is 0 Å². The third-order valence-corrected chi connectivity index (χ3v) is 7.76. The summed E-state index contributed by atoms with van der Waals surface area (Å²) in [7, 11) is 0. The monoisotopic (exact) mass is 577 g/mol. The van der Waals surface area contributed by atoms with E-state index < -0.39 is 0 Å². The number of aryl methyl sites for hydroxylation is 1. The first-order valence-electron chi connectivity index (χ1n) is 12.9. The van der Waals surface area contributed by atoms with Gasteiger partial charge in [0.05, 0.1) is 11.4 Å². The van der Waals surface area contributed by atoms with Crippen LogP contribution in [0.15, 0.2) is 108 Å². The van der Waals surface area contributed by atoms with Gasteiger partial charge in [0, 0.05) is 44.5 Å². The smallest absolute Gasteiger partial charge is 0.234 e. The van der Waals surface area contributed by atoms with Crippen LogP contribution < -0.4 is 5.32 Å². The van der Waals surface area contributed by atoms with Crippen molar-refractivity contribution >= 4 is 51.6 Å². The fourth-order valence-corrected chi connectivity index (χ4v) is 5.59. The standard InChI is InChI=1S/C32H24ClN5O2S/c1-20-8-7-11-23(16-20)38-31(26-18-34-27-13-6-5-12-24(26)27)36-37-32(38)41-19-29(39)35-28-15-14-22(33)17-25(28)30(40)21-9-3-2-4-10-21/h2-18,34H,19H2,1H3,(H,35,39). The Balaban J connectivity index is 1.28. The largest absolute Gasteiger partial charge is 0.360 e. The predicted octanol–water partition coefficient (Wildman–Crippen LogP) is 7.34. The molecule has 6 rings (SSSR count). The highest BCUT2D eigenvalue weighted by molar-refractivity contribution is 7.99. The summed E-state index contributed by atoms with van der Waals surface area (Å²) in [5.41, 5.74) is 5.13. The molecule has 7 nitrogen and oxygen atoms in total. The number of carbonyl (C=O) groups excluding carboxylic acids is 2. The molecule has 0 spiro atoms. The van der Waals surface area contributed by atoms with Gasteiger partial charge in [0.1, 0.15) is 0 Å². The molecule has 202 valence electrons. The lowest BCUT2D eigenvalue weighted by molar-refractivity contribution is -0.113. The Kier molecular flexibility index (Phi) is 7.41. The summed E-state index contributed by atoms with van der Waals surface area (Å²) in [5, 5.41) is 13.9. The van der Waals surface area contributed by atoms with Gasteiger partial charge in [0.2, 0.25) is 5.91 Å². The molecule has 6 aromatic rings. The van der Waals surface area contributed by atoms with Gasteiger partial charge in [-0.3, -0.25) is 14.2 Å². The summed E-state index contributed by atoms with van der Waals surface area (Å²) in [6, 6.07) is 29.8. The second kappa shape index (κ2) is 11.4. The van der Waals surface area contributed by atoms with Crippen molar-refractivity contribution in [2.45, 2.75) is 12.1 Å². The van der Waals surface area contributed by atoms with Crippen LogP contribution in [0.4, 0.5) is 5.69 Å². The highest BCUT2D eigenvalue weighted by atomic mass is 35.5. The second-order valence-electron chi connectivity index (χ2n) is 9.45. The van der Waals surface area contributed by atoms with Crippen LogP contribution in [0.1, 0.15) is 21.5 Å². The average molecular weight is 578 g/mol. The van der Waals surface area contributed by atoms with Gasteiger partial charge in [-0.2, -0.15) is 0 Å². The molecule has 2 N–H and O–H groups in total. The Morgan fingerprint density at radius 1 is 0.927 bits per heavy atom. The molecular weight excluding hydrogens is 554 g/mol.